The third kappa shape index (κ3) is 3.99. The first-order valence-corrected chi connectivity index (χ1v) is 11.9. The Hall–Kier alpha value is -1.73. The second-order valence-electron chi connectivity index (χ2n) is 9.13. The Kier molecular flexibility index (Phi) is 5.20. The number of likely N-dealkylation sites (N-methyl/N-ethyl adjacent to an activating group) is 1. The van der Waals surface area contributed by atoms with Crippen molar-refractivity contribution in [3.63, 3.8) is 0 Å². The summed E-state index contributed by atoms with van der Waals surface area (Å²) < 4.78 is 0. The maximum absolute atomic E-state index is 12.9. The van der Waals surface area contributed by atoms with E-state index in [0.717, 1.165) is 55.5 Å². The van der Waals surface area contributed by atoms with Gasteiger partial charge in [0.2, 0.25) is 5.91 Å². The fourth-order valence-corrected chi connectivity index (χ4v) is 5.89. The number of rotatable bonds is 6. The van der Waals surface area contributed by atoms with Gasteiger partial charge in [0, 0.05) is 30.6 Å². The van der Waals surface area contributed by atoms with Gasteiger partial charge in [0.15, 0.2) is 0 Å². The molecule has 3 aliphatic rings. The van der Waals surface area contributed by atoms with E-state index in [0.29, 0.717) is 18.3 Å². The molecule has 5 rings (SSSR count). The van der Waals surface area contributed by atoms with Gasteiger partial charge in [0.05, 0.1) is 11.8 Å². The highest BCUT2D eigenvalue weighted by Crippen LogP contribution is 2.39. The maximum Gasteiger partial charge on any atom is 0.230 e. The first-order chi connectivity index (χ1) is 14.1. The number of nitrogens with zero attached hydrogens (tertiary/aromatic N) is 4. The molecule has 0 spiro atoms. The lowest BCUT2D eigenvalue weighted by Gasteiger charge is -2.20. The molecule has 0 aromatic carbocycles. The average molecular weight is 414 g/mol. The number of anilines is 1. The molecule has 1 N–H and O–H groups in total. The molecule has 3 heterocycles. The SMILES string of the molecule is CN(C)C1CCN(C(=O)Cc2nc(NCC3CC3)c3c4c(sc3n2)CCCC4)C1. The normalized spacial score (nSPS) is 21.8. The molecule has 0 radical (unpaired) electrons. The van der Waals surface area contributed by atoms with Crippen LogP contribution >= 0.6 is 11.3 Å². The highest BCUT2D eigenvalue weighted by atomic mass is 32.1. The number of aromatic nitrogens is 2. The van der Waals surface area contributed by atoms with E-state index in [4.69, 9.17) is 9.97 Å². The zero-order chi connectivity index (χ0) is 20.0. The van der Waals surface area contributed by atoms with Crippen LogP contribution in [0.2, 0.25) is 0 Å². The van der Waals surface area contributed by atoms with Gasteiger partial charge in [-0.15, -0.1) is 11.3 Å². The summed E-state index contributed by atoms with van der Waals surface area (Å²) in [7, 11) is 4.18. The molecule has 2 aromatic heterocycles. The van der Waals surface area contributed by atoms with Crippen LogP contribution in [0.15, 0.2) is 0 Å². The lowest BCUT2D eigenvalue weighted by Crippen LogP contribution is -2.35. The molecule has 2 aliphatic carbocycles. The van der Waals surface area contributed by atoms with Gasteiger partial charge in [0.1, 0.15) is 16.5 Å². The summed E-state index contributed by atoms with van der Waals surface area (Å²) >= 11 is 1.82. The minimum absolute atomic E-state index is 0.156. The molecule has 2 aromatic rings. The van der Waals surface area contributed by atoms with Crippen molar-refractivity contribution in [1.82, 2.24) is 19.8 Å². The van der Waals surface area contributed by atoms with Crippen LogP contribution in [-0.4, -0.2) is 65.4 Å². The summed E-state index contributed by atoms with van der Waals surface area (Å²) in [5.74, 6) is 2.58. The third-order valence-corrected chi connectivity index (χ3v) is 7.86. The van der Waals surface area contributed by atoms with Gasteiger partial charge in [-0.05, 0) is 70.5 Å². The number of aryl methyl sites for hydroxylation is 2. The van der Waals surface area contributed by atoms with Crippen molar-refractivity contribution in [2.75, 3.05) is 39.0 Å². The molecule has 1 aliphatic heterocycles. The zero-order valence-corrected chi connectivity index (χ0v) is 18.4. The summed E-state index contributed by atoms with van der Waals surface area (Å²) in [6, 6.07) is 0.460. The molecule has 156 valence electrons. The van der Waals surface area contributed by atoms with Crippen molar-refractivity contribution in [3.8, 4) is 0 Å². The van der Waals surface area contributed by atoms with Crippen molar-refractivity contribution < 1.29 is 4.79 Å². The summed E-state index contributed by atoms with van der Waals surface area (Å²) in [4.78, 5) is 29.4. The Morgan fingerprint density at radius 3 is 2.79 bits per heavy atom. The number of carbonyl (C=O) groups excluding carboxylic acids is 1. The van der Waals surface area contributed by atoms with Gasteiger partial charge in [-0.2, -0.15) is 0 Å². The minimum atomic E-state index is 0.156. The molecule has 6 nitrogen and oxygen atoms in total. The molecule has 29 heavy (non-hydrogen) atoms. The van der Waals surface area contributed by atoms with E-state index in [9.17, 15) is 4.79 Å². The summed E-state index contributed by atoms with van der Waals surface area (Å²) in [6.45, 7) is 2.64. The average Bonchev–Trinajstić information content (AvgIpc) is 3.25. The topological polar surface area (TPSA) is 61.4 Å². The lowest BCUT2D eigenvalue weighted by atomic mass is 9.97. The van der Waals surface area contributed by atoms with E-state index < -0.39 is 0 Å². The van der Waals surface area contributed by atoms with Crippen LogP contribution in [0.25, 0.3) is 10.2 Å². The van der Waals surface area contributed by atoms with Crippen LogP contribution in [0.5, 0.6) is 0 Å². The third-order valence-electron chi connectivity index (χ3n) is 6.67. The van der Waals surface area contributed by atoms with Gasteiger partial charge in [-0.25, -0.2) is 9.97 Å². The molecule has 1 saturated heterocycles. The minimum Gasteiger partial charge on any atom is -0.369 e. The summed E-state index contributed by atoms with van der Waals surface area (Å²) in [5.41, 5.74) is 1.46. The summed E-state index contributed by atoms with van der Waals surface area (Å²) in [6.07, 6.45) is 8.80. The second kappa shape index (κ2) is 7.84. The van der Waals surface area contributed by atoms with Gasteiger partial charge in [-0.1, -0.05) is 0 Å². The van der Waals surface area contributed by atoms with Crippen molar-refractivity contribution >= 4 is 33.3 Å². The van der Waals surface area contributed by atoms with E-state index in [-0.39, 0.29) is 5.91 Å². The Labute approximate surface area is 176 Å². The first kappa shape index (κ1) is 19.2. The van der Waals surface area contributed by atoms with E-state index in [1.807, 2.05) is 16.2 Å². The quantitative estimate of drug-likeness (QED) is 0.789. The molecular weight excluding hydrogens is 382 g/mol. The molecule has 0 bridgehead atoms. The number of carbonyl (C=O) groups is 1. The second-order valence-corrected chi connectivity index (χ2v) is 10.2. The highest BCUT2D eigenvalue weighted by Gasteiger charge is 2.29. The molecule has 1 unspecified atom stereocenters. The van der Waals surface area contributed by atoms with E-state index in [1.165, 1.54) is 41.5 Å². The summed E-state index contributed by atoms with van der Waals surface area (Å²) in [5, 5.41) is 4.85. The van der Waals surface area contributed by atoms with Crippen LogP contribution in [0.1, 0.15) is 48.4 Å². The number of likely N-dealkylation sites (tertiary alicyclic amines) is 1. The predicted octanol–water partition coefficient (Wildman–Crippen LogP) is 3.10. The van der Waals surface area contributed by atoms with E-state index >= 15 is 0 Å². The molecule has 1 saturated carbocycles. The van der Waals surface area contributed by atoms with Crippen molar-refractivity contribution in [1.29, 1.82) is 0 Å². The van der Waals surface area contributed by atoms with Crippen LogP contribution in [0.4, 0.5) is 5.82 Å². The Morgan fingerprint density at radius 2 is 2.03 bits per heavy atom. The van der Waals surface area contributed by atoms with Gasteiger partial charge in [-0.3, -0.25) is 4.79 Å². The lowest BCUT2D eigenvalue weighted by molar-refractivity contribution is -0.129. The molecular formula is C22H31N5OS. The van der Waals surface area contributed by atoms with E-state index in [1.54, 1.807) is 0 Å². The Bertz CT molecular complexity index is 920. The van der Waals surface area contributed by atoms with Crippen LogP contribution in [0, 0.1) is 5.92 Å². The molecule has 1 amide bonds. The predicted molar refractivity (Wildman–Crippen MR) is 118 cm³/mol. The fourth-order valence-electron chi connectivity index (χ4n) is 4.61. The molecule has 1 atom stereocenters. The van der Waals surface area contributed by atoms with Crippen LogP contribution in [-0.2, 0) is 24.1 Å². The number of amides is 1. The number of nitrogens with one attached hydrogen (secondary N) is 1. The zero-order valence-electron chi connectivity index (χ0n) is 17.5. The van der Waals surface area contributed by atoms with Crippen molar-refractivity contribution in [2.24, 2.45) is 5.92 Å². The largest absolute Gasteiger partial charge is 0.369 e. The number of fused-ring (bicyclic) bond motifs is 3. The molecule has 2 fully saturated rings. The maximum atomic E-state index is 12.9. The number of thiophene rings is 1. The molecule has 7 heteroatoms. The van der Waals surface area contributed by atoms with Gasteiger partial charge < -0.3 is 15.1 Å². The first-order valence-electron chi connectivity index (χ1n) is 11.1. The van der Waals surface area contributed by atoms with Crippen LogP contribution < -0.4 is 5.32 Å². The Morgan fingerprint density at radius 1 is 1.21 bits per heavy atom. The van der Waals surface area contributed by atoms with Gasteiger partial charge >= 0.3 is 0 Å². The number of hydrogen-bond donors (Lipinski definition) is 1. The highest BCUT2D eigenvalue weighted by molar-refractivity contribution is 7.19. The van der Waals surface area contributed by atoms with Crippen molar-refractivity contribution in [3.05, 3.63) is 16.3 Å². The monoisotopic (exact) mass is 413 g/mol. The van der Waals surface area contributed by atoms with Crippen molar-refractivity contribution in [2.45, 2.75) is 57.4 Å². The smallest absolute Gasteiger partial charge is 0.230 e. The Balaban J connectivity index is 1.40. The van der Waals surface area contributed by atoms with Gasteiger partial charge in [0.25, 0.3) is 0 Å². The standard InChI is InChI=1S/C22H31N5OS/c1-26(2)15-9-10-27(13-15)19(28)11-18-24-21(23-12-14-7-8-14)20-16-5-3-4-6-17(16)29-22(20)25-18/h14-15H,3-13H2,1-2H3,(H,23,24,25). The fraction of sp³-hybridized carbons (Fsp3) is 0.682. The van der Waals surface area contributed by atoms with E-state index in [2.05, 4.69) is 24.3 Å². The number of hydrogen-bond acceptors (Lipinski definition) is 6. The van der Waals surface area contributed by atoms with Crippen LogP contribution in [0.3, 0.4) is 0 Å².